The third-order valence-corrected chi connectivity index (χ3v) is 4.08. The Kier molecular flexibility index (Phi) is 3.54. The van der Waals surface area contributed by atoms with Crippen LogP contribution < -0.4 is 5.32 Å². The molecule has 2 unspecified atom stereocenters. The first kappa shape index (κ1) is 12.4. The number of carbonyl (C=O) groups excluding carboxylic acids is 1. The Morgan fingerprint density at radius 2 is 2.17 bits per heavy atom. The van der Waals surface area contributed by atoms with Gasteiger partial charge in [-0.1, -0.05) is 0 Å². The number of likely N-dealkylation sites (N-methyl/N-ethyl adjacent to an activating group) is 1. The number of nitrogens with zero attached hydrogens (tertiary/aromatic N) is 2. The van der Waals surface area contributed by atoms with E-state index >= 15 is 0 Å². The predicted molar refractivity (Wildman–Crippen MR) is 68.4 cm³/mol. The molecule has 2 heterocycles. The monoisotopic (exact) mass is 253 g/mol. The first-order valence-corrected chi connectivity index (χ1v) is 7.07. The maximum atomic E-state index is 12.2. The van der Waals surface area contributed by atoms with Gasteiger partial charge in [-0.3, -0.25) is 4.79 Å². The zero-order chi connectivity index (χ0) is 12.5. The van der Waals surface area contributed by atoms with Crippen molar-refractivity contribution in [3.8, 4) is 0 Å². The summed E-state index contributed by atoms with van der Waals surface area (Å²) >= 11 is 0. The first-order valence-electron chi connectivity index (χ1n) is 7.07. The van der Waals surface area contributed by atoms with Gasteiger partial charge in [0.2, 0.25) is 5.91 Å². The highest BCUT2D eigenvalue weighted by Crippen LogP contribution is 2.22. The highest BCUT2D eigenvalue weighted by atomic mass is 16.5. The van der Waals surface area contributed by atoms with Gasteiger partial charge in [-0.2, -0.15) is 0 Å². The molecule has 1 saturated carbocycles. The number of nitrogens with one attached hydrogen (secondary N) is 1. The number of morpholine rings is 1. The molecule has 1 N–H and O–H groups in total. The van der Waals surface area contributed by atoms with E-state index in [2.05, 4.69) is 17.3 Å². The van der Waals surface area contributed by atoms with Crippen molar-refractivity contribution in [3.05, 3.63) is 0 Å². The highest BCUT2D eigenvalue weighted by molar-refractivity contribution is 5.84. The van der Waals surface area contributed by atoms with Gasteiger partial charge in [-0.05, 0) is 26.3 Å². The van der Waals surface area contributed by atoms with Crippen LogP contribution in [0.2, 0.25) is 0 Å². The number of carbonyl (C=O) groups is 1. The van der Waals surface area contributed by atoms with Crippen molar-refractivity contribution in [1.29, 1.82) is 0 Å². The molecule has 0 aromatic rings. The Balaban J connectivity index is 1.49. The van der Waals surface area contributed by atoms with E-state index in [-0.39, 0.29) is 18.1 Å². The molecule has 2 saturated heterocycles. The standard InChI is InChI=1S/C13H23N3O2/c1-15-6-7-18-11(8-15)9-16-5-4-12(13(16)17)14-10-2-3-10/h10-12,14H,2-9H2,1H3. The molecule has 18 heavy (non-hydrogen) atoms. The molecule has 3 aliphatic rings. The zero-order valence-corrected chi connectivity index (χ0v) is 11.1. The predicted octanol–water partition coefficient (Wildman–Crippen LogP) is -0.330. The summed E-state index contributed by atoms with van der Waals surface area (Å²) in [6.07, 6.45) is 3.62. The summed E-state index contributed by atoms with van der Waals surface area (Å²) in [6.45, 7) is 4.35. The van der Waals surface area contributed by atoms with Crippen LogP contribution in [-0.2, 0) is 9.53 Å². The zero-order valence-electron chi connectivity index (χ0n) is 11.1. The van der Waals surface area contributed by atoms with Crippen LogP contribution in [0.4, 0.5) is 0 Å². The lowest BCUT2D eigenvalue weighted by Crippen LogP contribution is -2.48. The van der Waals surface area contributed by atoms with Gasteiger partial charge in [0.15, 0.2) is 0 Å². The second-order valence-corrected chi connectivity index (χ2v) is 5.82. The number of hydrogen-bond donors (Lipinski definition) is 1. The van der Waals surface area contributed by atoms with E-state index in [0.29, 0.717) is 6.04 Å². The third kappa shape index (κ3) is 2.84. The maximum Gasteiger partial charge on any atom is 0.239 e. The van der Waals surface area contributed by atoms with Gasteiger partial charge in [0.05, 0.1) is 18.8 Å². The molecule has 0 bridgehead atoms. The van der Waals surface area contributed by atoms with E-state index in [9.17, 15) is 4.79 Å². The summed E-state index contributed by atoms with van der Waals surface area (Å²) < 4.78 is 5.73. The highest BCUT2D eigenvalue weighted by Gasteiger charge is 2.36. The number of likely N-dealkylation sites (tertiary alicyclic amines) is 1. The van der Waals surface area contributed by atoms with Crippen LogP contribution in [-0.4, -0.2) is 73.7 Å². The SMILES string of the molecule is CN1CCOC(CN2CCC(NC3CC3)C2=O)C1. The minimum Gasteiger partial charge on any atom is -0.374 e. The van der Waals surface area contributed by atoms with Crippen LogP contribution in [0.1, 0.15) is 19.3 Å². The van der Waals surface area contributed by atoms with Crippen LogP contribution in [0.3, 0.4) is 0 Å². The number of ether oxygens (including phenoxy) is 1. The molecule has 0 aromatic heterocycles. The molecular weight excluding hydrogens is 230 g/mol. The average Bonchev–Trinajstić information content (AvgIpc) is 3.10. The van der Waals surface area contributed by atoms with Gasteiger partial charge >= 0.3 is 0 Å². The van der Waals surface area contributed by atoms with E-state index < -0.39 is 0 Å². The summed E-state index contributed by atoms with van der Waals surface area (Å²) in [4.78, 5) is 16.5. The Bertz CT molecular complexity index is 319. The topological polar surface area (TPSA) is 44.8 Å². The molecule has 2 atom stereocenters. The van der Waals surface area contributed by atoms with Gasteiger partial charge in [0.25, 0.3) is 0 Å². The maximum absolute atomic E-state index is 12.2. The van der Waals surface area contributed by atoms with Crippen LogP contribution >= 0.6 is 0 Å². The van der Waals surface area contributed by atoms with Gasteiger partial charge in [0.1, 0.15) is 0 Å². The smallest absolute Gasteiger partial charge is 0.239 e. The van der Waals surface area contributed by atoms with Crippen molar-refractivity contribution in [2.75, 3.05) is 39.8 Å². The lowest BCUT2D eigenvalue weighted by atomic mass is 10.2. The third-order valence-electron chi connectivity index (χ3n) is 4.08. The molecule has 102 valence electrons. The fourth-order valence-corrected chi connectivity index (χ4v) is 2.83. The molecule has 0 aromatic carbocycles. The molecule has 1 aliphatic carbocycles. The van der Waals surface area contributed by atoms with Crippen LogP contribution in [0.5, 0.6) is 0 Å². The second-order valence-electron chi connectivity index (χ2n) is 5.82. The molecular formula is C13H23N3O2. The largest absolute Gasteiger partial charge is 0.374 e. The molecule has 5 heteroatoms. The van der Waals surface area contributed by atoms with Crippen molar-refractivity contribution in [2.45, 2.75) is 37.5 Å². The number of hydrogen-bond acceptors (Lipinski definition) is 4. The molecule has 3 rings (SSSR count). The molecule has 5 nitrogen and oxygen atoms in total. The normalized spacial score (nSPS) is 34.3. The van der Waals surface area contributed by atoms with E-state index in [4.69, 9.17) is 4.74 Å². The summed E-state index contributed by atoms with van der Waals surface area (Å²) in [6, 6.07) is 0.676. The average molecular weight is 253 g/mol. The van der Waals surface area contributed by atoms with Gasteiger partial charge < -0.3 is 19.9 Å². The van der Waals surface area contributed by atoms with Crippen LogP contribution in [0.25, 0.3) is 0 Å². The minimum absolute atomic E-state index is 0.0684. The summed E-state index contributed by atoms with van der Waals surface area (Å²) in [7, 11) is 2.11. The van der Waals surface area contributed by atoms with Crippen molar-refractivity contribution in [1.82, 2.24) is 15.1 Å². The minimum atomic E-state index is 0.0684. The fraction of sp³-hybridized carbons (Fsp3) is 0.923. The fourth-order valence-electron chi connectivity index (χ4n) is 2.83. The van der Waals surface area contributed by atoms with Crippen molar-refractivity contribution in [3.63, 3.8) is 0 Å². The molecule has 2 aliphatic heterocycles. The molecule has 0 radical (unpaired) electrons. The van der Waals surface area contributed by atoms with Crippen LogP contribution in [0.15, 0.2) is 0 Å². The first-order chi connectivity index (χ1) is 8.72. The molecule has 1 amide bonds. The Morgan fingerprint density at radius 1 is 1.33 bits per heavy atom. The number of amides is 1. The lowest BCUT2D eigenvalue weighted by molar-refractivity contribution is -0.132. The molecule has 0 spiro atoms. The van der Waals surface area contributed by atoms with Gasteiger partial charge in [-0.15, -0.1) is 0 Å². The van der Waals surface area contributed by atoms with Gasteiger partial charge in [0, 0.05) is 32.2 Å². The number of rotatable bonds is 4. The second kappa shape index (κ2) is 5.15. The van der Waals surface area contributed by atoms with Gasteiger partial charge in [-0.25, -0.2) is 0 Å². The quantitative estimate of drug-likeness (QED) is 0.745. The van der Waals surface area contributed by atoms with E-state index in [1.807, 2.05) is 4.90 Å². The summed E-state index contributed by atoms with van der Waals surface area (Å²) in [5.41, 5.74) is 0. The van der Waals surface area contributed by atoms with Crippen molar-refractivity contribution in [2.24, 2.45) is 0 Å². The Hall–Kier alpha value is -0.650. The Morgan fingerprint density at radius 3 is 2.89 bits per heavy atom. The molecule has 3 fully saturated rings. The van der Waals surface area contributed by atoms with Crippen LogP contribution in [0, 0.1) is 0 Å². The van der Waals surface area contributed by atoms with Crippen molar-refractivity contribution < 1.29 is 9.53 Å². The van der Waals surface area contributed by atoms with E-state index in [1.54, 1.807) is 0 Å². The van der Waals surface area contributed by atoms with E-state index in [0.717, 1.165) is 39.2 Å². The van der Waals surface area contributed by atoms with Crippen molar-refractivity contribution >= 4 is 5.91 Å². The summed E-state index contributed by atoms with van der Waals surface area (Å²) in [5, 5.41) is 3.44. The van der Waals surface area contributed by atoms with E-state index in [1.165, 1.54) is 12.8 Å². The summed E-state index contributed by atoms with van der Waals surface area (Å²) in [5.74, 6) is 0.277. The lowest BCUT2D eigenvalue weighted by Gasteiger charge is -2.32. The Labute approximate surface area is 108 Å².